The van der Waals surface area contributed by atoms with Gasteiger partial charge < -0.3 is 35.8 Å². The number of nitrogens with two attached hydrogens (primary N) is 1. The second kappa shape index (κ2) is 12.7. The van der Waals surface area contributed by atoms with Crippen molar-refractivity contribution in [1.82, 2.24) is 24.7 Å². The monoisotopic (exact) mass is 620 g/mol. The van der Waals surface area contributed by atoms with Gasteiger partial charge in [0.15, 0.2) is 0 Å². The molecule has 0 radical (unpaired) electrons. The van der Waals surface area contributed by atoms with Crippen LogP contribution in [0.5, 0.6) is 0 Å². The minimum Gasteiger partial charge on any atom is -0.444 e. The smallest absolute Gasteiger partial charge is 0.410 e. The highest BCUT2D eigenvalue weighted by Crippen LogP contribution is 2.31. The minimum atomic E-state index is -0.549. The van der Waals surface area contributed by atoms with E-state index in [0.717, 1.165) is 10.4 Å². The maximum Gasteiger partial charge on any atom is 0.410 e. The van der Waals surface area contributed by atoms with Gasteiger partial charge in [-0.1, -0.05) is 12.1 Å². The first kappa shape index (κ1) is 31.0. The third-order valence-corrected chi connectivity index (χ3v) is 8.69. The average Bonchev–Trinajstić information content (AvgIpc) is 3.53. The second-order valence-electron chi connectivity index (χ2n) is 12.4. The molecular formula is C31H40N8O4S. The number of nitrogen functional groups attached to an aromatic ring is 1. The summed E-state index contributed by atoms with van der Waals surface area (Å²) in [5.41, 5.74) is 7.55. The first-order valence-corrected chi connectivity index (χ1v) is 15.6. The van der Waals surface area contributed by atoms with Crippen molar-refractivity contribution in [1.29, 1.82) is 0 Å². The summed E-state index contributed by atoms with van der Waals surface area (Å²) < 4.78 is 5.45. The lowest BCUT2D eigenvalue weighted by molar-refractivity contribution is 0.0153. The lowest BCUT2D eigenvalue weighted by Gasteiger charge is -2.43. The van der Waals surface area contributed by atoms with Crippen molar-refractivity contribution in [2.24, 2.45) is 0 Å². The number of benzene rings is 1. The van der Waals surface area contributed by atoms with Gasteiger partial charge in [-0.25, -0.2) is 19.6 Å². The summed E-state index contributed by atoms with van der Waals surface area (Å²) in [6.07, 6.45) is 4.06. The van der Waals surface area contributed by atoms with Crippen molar-refractivity contribution in [2.75, 3.05) is 55.6 Å². The summed E-state index contributed by atoms with van der Waals surface area (Å²) >= 11 is 1.61. The third kappa shape index (κ3) is 7.57. The van der Waals surface area contributed by atoms with Crippen molar-refractivity contribution in [3.8, 4) is 10.4 Å². The van der Waals surface area contributed by atoms with Crippen LogP contribution in [0.2, 0.25) is 0 Å². The summed E-state index contributed by atoms with van der Waals surface area (Å²) in [5.74, 6) is 0.0674. The number of carbonyl (C=O) groups excluding carboxylic acids is 3. The van der Waals surface area contributed by atoms with Crippen molar-refractivity contribution in [2.45, 2.75) is 51.7 Å². The number of piperazine rings is 1. The number of hydrogen-bond acceptors (Lipinski definition) is 9. The maximum atomic E-state index is 13.2. The molecule has 12 nitrogen and oxygen atoms in total. The number of aromatic nitrogens is 2. The maximum absolute atomic E-state index is 13.2. The van der Waals surface area contributed by atoms with Crippen LogP contribution in [0.25, 0.3) is 10.4 Å². The minimum absolute atomic E-state index is 0.0101. The molecule has 4 heterocycles. The Labute approximate surface area is 261 Å². The van der Waals surface area contributed by atoms with Gasteiger partial charge in [-0.3, -0.25) is 4.79 Å². The molecule has 0 aliphatic carbocycles. The van der Waals surface area contributed by atoms with Gasteiger partial charge in [0.05, 0.1) is 16.9 Å². The van der Waals surface area contributed by atoms with E-state index >= 15 is 0 Å². The van der Waals surface area contributed by atoms with Gasteiger partial charge in [0, 0.05) is 62.1 Å². The van der Waals surface area contributed by atoms with Gasteiger partial charge in [0.25, 0.3) is 5.91 Å². The highest BCUT2D eigenvalue weighted by Gasteiger charge is 2.35. The van der Waals surface area contributed by atoms with Crippen LogP contribution < -0.4 is 16.4 Å². The summed E-state index contributed by atoms with van der Waals surface area (Å²) in [7, 11) is 0. The van der Waals surface area contributed by atoms with Gasteiger partial charge >= 0.3 is 12.1 Å². The number of likely N-dealkylation sites (tertiary alicyclic amines) is 1. The highest BCUT2D eigenvalue weighted by molar-refractivity contribution is 7.13. The van der Waals surface area contributed by atoms with E-state index in [9.17, 15) is 14.4 Å². The summed E-state index contributed by atoms with van der Waals surface area (Å²) in [4.78, 5) is 53.6. The lowest BCUT2D eigenvalue weighted by Crippen LogP contribution is -2.57. The van der Waals surface area contributed by atoms with E-state index in [4.69, 9.17) is 10.5 Å². The molecule has 0 spiro atoms. The van der Waals surface area contributed by atoms with Gasteiger partial charge in [-0.15, -0.1) is 11.3 Å². The topological polar surface area (TPSA) is 146 Å². The molecular weight excluding hydrogens is 580 g/mol. The molecule has 0 atom stereocenters. The third-order valence-electron chi connectivity index (χ3n) is 7.77. The second-order valence-corrected chi connectivity index (χ2v) is 13.4. The number of thiophene rings is 1. The zero-order valence-corrected chi connectivity index (χ0v) is 26.4. The normalized spacial score (nSPS) is 16.8. The highest BCUT2D eigenvalue weighted by atomic mass is 32.1. The Morgan fingerprint density at radius 3 is 2.20 bits per heavy atom. The predicted molar refractivity (Wildman–Crippen MR) is 172 cm³/mol. The van der Waals surface area contributed by atoms with Crippen molar-refractivity contribution in [3.05, 3.63) is 53.7 Å². The zero-order chi connectivity index (χ0) is 31.5. The largest absolute Gasteiger partial charge is 0.444 e. The molecule has 2 aliphatic heterocycles. The Balaban J connectivity index is 1.10. The zero-order valence-electron chi connectivity index (χ0n) is 25.6. The van der Waals surface area contributed by atoms with E-state index in [2.05, 4.69) is 27.5 Å². The van der Waals surface area contributed by atoms with Crippen LogP contribution in [0.3, 0.4) is 0 Å². The van der Waals surface area contributed by atoms with E-state index < -0.39 is 5.60 Å². The molecule has 2 aliphatic rings. The Bertz CT molecular complexity index is 1470. The molecule has 0 saturated carbocycles. The summed E-state index contributed by atoms with van der Waals surface area (Å²) in [5, 5.41) is 8.27. The fraction of sp³-hybridized carbons (Fsp3) is 0.452. The van der Waals surface area contributed by atoms with E-state index in [0.29, 0.717) is 75.0 Å². The number of amides is 4. The van der Waals surface area contributed by atoms with Gasteiger partial charge in [-0.2, -0.15) is 0 Å². The van der Waals surface area contributed by atoms with Crippen LogP contribution in [-0.4, -0.2) is 93.1 Å². The first-order valence-electron chi connectivity index (χ1n) is 14.8. The molecule has 234 valence electrons. The Morgan fingerprint density at radius 2 is 1.59 bits per heavy atom. The summed E-state index contributed by atoms with van der Waals surface area (Å²) in [6.45, 7) is 10.6. The molecule has 0 bridgehead atoms. The van der Waals surface area contributed by atoms with Gasteiger partial charge in [-0.05, 0) is 69.7 Å². The molecule has 2 aromatic heterocycles. The van der Waals surface area contributed by atoms with Crippen molar-refractivity contribution < 1.29 is 19.1 Å². The van der Waals surface area contributed by atoms with E-state index in [1.807, 2.05) is 55.3 Å². The van der Waals surface area contributed by atoms with Gasteiger partial charge in [0.2, 0.25) is 5.95 Å². The standard InChI is InChI=1S/C31H40N8O4S/c1-30(2,3)43-29(42)39-15-13-38(14-16-39)28(41)37-11-9-31(4,10-12-37)36-27-33-19-22(20-34-27)26(40)35-24-18-21(7-8-23(24)32)25-6-5-17-44-25/h5-8,17-20H,9-16,32H2,1-4H3,(H,35,40)(H,33,34,36). The summed E-state index contributed by atoms with van der Waals surface area (Å²) in [6, 6.07) is 9.54. The molecule has 0 unspecified atom stereocenters. The quantitative estimate of drug-likeness (QED) is 0.339. The predicted octanol–water partition coefficient (Wildman–Crippen LogP) is 4.98. The molecule has 4 N–H and O–H groups in total. The SMILES string of the molecule is CC1(Nc2ncc(C(=O)Nc3cc(-c4cccs4)ccc3N)cn2)CCN(C(=O)N2CCN(C(=O)OC(C)(C)C)CC2)CC1. The van der Waals surface area contributed by atoms with Crippen LogP contribution >= 0.6 is 11.3 Å². The Kier molecular flexibility index (Phi) is 8.95. The van der Waals surface area contributed by atoms with Crippen LogP contribution in [0.4, 0.5) is 26.9 Å². The van der Waals surface area contributed by atoms with E-state index in [-0.39, 0.29) is 23.6 Å². The fourth-order valence-electron chi connectivity index (χ4n) is 5.16. The number of hydrogen-bond donors (Lipinski definition) is 3. The number of rotatable bonds is 5. The molecule has 1 aromatic carbocycles. The van der Waals surface area contributed by atoms with Crippen LogP contribution in [0.1, 0.15) is 50.9 Å². The van der Waals surface area contributed by atoms with Crippen LogP contribution in [0, 0.1) is 0 Å². The molecule has 13 heteroatoms. The van der Waals surface area contributed by atoms with E-state index in [1.54, 1.807) is 27.2 Å². The molecule has 4 amide bonds. The fourth-order valence-corrected chi connectivity index (χ4v) is 5.88. The molecule has 44 heavy (non-hydrogen) atoms. The first-order chi connectivity index (χ1) is 20.9. The molecule has 2 saturated heterocycles. The molecule has 5 rings (SSSR count). The molecule has 2 fully saturated rings. The average molecular weight is 621 g/mol. The number of urea groups is 1. The van der Waals surface area contributed by atoms with Gasteiger partial charge in [0.1, 0.15) is 5.60 Å². The Morgan fingerprint density at radius 1 is 0.955 bits per heavy atom. The Hall–Kier alpha value is -4.39. The van der Waals surface area contributed by atoms with Crippen molar-refractivity contribution >= 4 is 46.7 Å². The number of nitrogens with one attached hydrogen (secondary N) is 2. The van der Waals surface area contributed by atoms with Crippen LogP contribution in [0.15, 0.2) is 48.1 Å². The van der Waals surface area contributed by atoms with Crippen molar-refractivity contribution in [3.63, 3.8) is 0 Å². The number of piperidine rings is 1. The lowest BCUT2D eigenvalue weighted by atomic mass is 9.90. The number of carbonyl (C=O) groups is 3. The number of anilines is 3. The number of nitrogens with zero attached hydrogens (tertiary/aromatic N) is 5. The van der Waals surface area contributed by atoms with Crippen LogP contribution in [-0.2, 0) is 4.74 Å². The molecule has 3 aromatic rings. The number of ether oxygens (including phenoxy) is 1. The van der Waals surface area contributed by atoms with E-state index in [1.165, 1.54) is 12.4 Å².